The van der Waals surface area contributed by atoms with Crippen LogP contribution in [0, 0.1) is 0 Å². The zero-order valence-electron chi connectivity index (χ0n) is 37.4. The molecule has 0 radical (unpaired) electrons. The van der Waals surface area contributed by atoms with Gasteiger partial charge in [0.05, 0.1) is 17.9 Å². The first kappa shape index (κ1) is 59.7. The number of aromatic hydroxyl groups is 4. The number of phenols is 4. The van der Waals surface area contributed by atoms with Crippen molar-refractivity contribution in [3.05, 3.63) is 101 Å². The minimum absolute atomic E-state index is 0.0373. The van der Waals surface area contributed by atoms with Crippen molar-refractivity contribution in [2.24, 2.45) is 20.6 Å². The van der Waals surface area contributed by atoms with Gasteiger partial charge in [-0.15, -0.1) is 0 Å². The molecule has 0 spiro atoms. The van der Waals surface area contributed by atoms with Gasteiger partial charge in [-0.25, -0.2) is 0 Å². The van der Waals surface area contributed by atoms with Gasteiger partial charge in [-0.3, -0.25) is 19.2 Å². The maximum Gasteiger partial charge on any atom is 0.269 e. The summed E-state index contributed by atoms with van der Waals surface area (Å²) in [6.07, 6.45) is -0.274. The fraction of sp³-hybridized carbons (Fsp3) is 0.273. The van der Waals surface area contributed by atoms with Crippen molar-refractivity contribution in [2.75, 3.05) is 49.2 Å². The van der Waals surface area contributed by atoms with Gasteiger partial charge in [0, 0.05) is 86.0 Å². The monoisotopic (exact) mass is 1320 g/mol. The number of nitrogens with zero attached hydrogens (tertiary/aromatic N) is 4. The Kier molecular flexibility index (Phi) is 25.7. The molecule has 386 valence electrons. The maximum absolute atomic E-state index is 13.0. The molecule has 28 heteroatoms. The van der Waals surface area contributed by atoms with Gasteiger partial charge in [-0.05, 0) is 135 Å². The Hall–Kier alpha value is -4.84. The molecule has 0 atom stereocenters. The number of halogens is 4. The fourth-order valence-electron chi connectivity index (χ4n) is 6.13. The molecule has 0 unspecified atom stereocenters. The second-order valence-electron chi connectivity index (χ2n) is 14.7. The van der Waals surface area contributed by atoms with Gasteiger partial charge >= 0.3 is 0 Å². The van der Waals surface area contributed by atoms with Crippen LogP contribution in [0.15, 0.2) is 99.2 Å². The van der Waals surface area contributed by atoms with Crippen molar-refractivity contribution in [1.29, 1.82) is 0 Å². The summed E-state index contributed by atoms with van der Waals surface area (Å²) in [6.45, 7) is 0.951. The first-order valence-electron chi connectivity index (χ1n) is 20.9. The molecule has 4 aromatic carbocycles. The van der Waals surface area contributed by atoms with Crippen LogP contribution in [0.4, 0.5) is 0 Å². The summed E-state index contributed by atoms with van der Waals surface area (Å²) in [5, 5.41) is 103. The molecule has 4 rings (SSSR count). The van der Waals surface area contributed by atoms with Crippen molar-refractivity contribution in [3.8, 4) is 34.1 Å². The number of hydrogen-bond donors (Lipinski definition) is 12. The topological polar surface area (TPSA) is 328 Å². The van der Waals surface area contributed by atoms with Crippen molar-refractivity contribution in [2.45, 2.75) is 25.7 Å². The number of nitrogens with one attached hydrogen (secondary N) is 4. The van der Waals surface area contributed by atoms with E-state index in [1.165, 1.54) is 79.6 Å². The Balaban J connectivity index is 1.21. The summed E-state index contributed by atoms with van der Waals surface area (Å²) in [5.41, 5.74) is 1.69. The number of amides is 4. The van der Waals surface area contributed by atoms with Crippen LogP contribution < -0.4 is 21.3 Å². The van der Waals surface area contributed by atoms with E-state index in [1.54, 1.807) is 24.3 Å². The van der Waals surface area contributed by atoms with Crippen molar-refractivity contribution >= 4 is 153 Å². The zero-order chi connectivity index (χ0) is 52.7. The smallest absolute Gasteiger partial charge is 0.269 e. The molecule has 0 saturated heterocycles. The number of benzene rings is 4. The summed E-state index contributed by atoms with van der Waals surface area (Å²) in [5.74, 6) is -0.934. The van der Waals surface area contributed by atoms with Crippen molar-refractivity contribution < 1.29 is 60.4 Å². The Morgan fingerprint density at radius 3 is 0.931 bits per heavy atom. The van der Waals surface area contributed by atoms with Gasteiger partial charge in [0.25, 0.3) is 23.6 Å². The van der Waals surface area contributed by atoms with Crippen LogP contribution >= 0.6 is 107 Å². The van der Waals surface area contributed by atoms with Crippen LogP contribution in [-0.4, -0.2) is 137 Å². The van der Waals surface area contributed by atoms with Crippen LogP contribution in [0.25, 0.3) is 11.1 Å². The molecule has 12 N–H and O–H groups in total. The van der Waals surface area contributed by atoms with Crippen LogP contribution in [0.1, 0.15) is 22.3 Å². The van der Waals surface area contributed by atoms with Crippen molar-refractivity contribution in [3.63, 3.8) is 0 Å². The maximum atomic E-state index is 13.0. The quantitative estimate of drug-likeness (QED) is 0.00913. The average Bonchev–Trinajstić information content (AvgIpc) is 3.36. The fourth-order valence-corrected chi connectivity index (χ4v) is 11.6. The highest BCUT2D eigenvalue weighted by Gasteiger charge is 2.22. The highest BCUT2D eigenvalue weighted by atomic mass is 79.9. The molecule has 20 nitrogen and oxygen atoms in total. The first-order chi connectivity index (χ1) is 34.5. The van der Waals surface area contributed by atoms with E-state index in [-0.39, 0.29) is 118 Å². The Morgan fingerprint density at radius 1 is 0.403 bits per heavy atom. The molecule has 4 amide bonds. The van der Waals surface area contributed by atoms with Gasteiger partial charge in [-0.2, -0.15) is 0 Å². The normalized spacial score (nSPS) is 12.1. The predicted molar refractivity (Wildman–Crippen MR) is 296 cm³/mol. The molecule has 0 aliphatic carbocycles. The number of rotatable bonds is 27. The van der Waals surface area contributed by atoms with Gasteiger partial charge < -0.3 is 62.5 Å². The summed E-state index contributed by atoms with van der Waals surface area (Å²) in [7, 11) is 5.71. The predicted octanol–water partition coefficient (Wildman–Crippen LogP) is 7.34. The first-order valence-corrected chi connectivity index (χ1v) is 29.1. The van der Waals surface area contributed by atoms with Gasteiger partial charge in [0.15, 0.2) is 0 Å². The van der Waals surface area contributed by atoms with Gasteiger partial charge in [0.1, 0.15) is 45.8 Å². The van der Waals surface area contributed by atoms with E-state index in [0.29, 0.717) is 54.2 Å². The number of carbonyl (C=O) groups excluding carboxylic acids is 4. The standard InChI is InChI=1S/C44H46Br4N8O12S4/c45-29-15-23(1-3-37(29)57)19-33(53-65)41(61)49-5-9-69-71-11-7-51-43(63)35(55-67)21-25-13-27(39(59)31(47)17-25)28-14-26(18-32(48)40(28)60)22-36(56-68)44(64)52-8-12-72-70-10-6-50-42(62)34(54-66)20-24-2-4-38(58)30(46)16-24/h1-4,13-18,57-60,65-68H,5-12,19-22H2,(H,49,61)(H,50,62)(H,51,63)(H,52,64)/b53-33-,54-34+,55-35-,56-36+. The molecule has 0 aliphatic heterocycles. The van der Waals surface area contributed by atoms with Crippen LogP contribution in [0.3, 0.4) is 0 Å². The second-order valence-corrected chi connectivity index (χ2v) is 23.5. The third-order valence-corrected chi connectivity index (χ3v) is 16.9. The van der Waals surface area contributed by atoms with Gasteiger partial charge in [-0.1, -0.05) is 75.9 Å². The number of phenolic OH excluding ortho intramolecular Hbond substituents is 4. The van der Waals surface area contributed by atoms with E-state index in [2.05, 4.69) is 106 Å². The van der Waals surface area contributed by atoms with E-state index in [4.69, 9.17) is 0 Å². The summed E-state index contributed by atoms with van der Waals surface area (Å²) in [6, 6.07) is 15.4. The number of oxime groups is 4. The van der Waals surface area contributed by atoms with Crippen molar-refractivity contribution in [1.82, 2.24) is 21.3 Å². The molecule has 0 heterocycles. The van der Waals surface area contributed by atoms with Crippen LogP contribution in [0.5, 0.6) is 23.0 Å². The van der Waals surface area contributed by atoms with Crippen LogP contribution in [-0.2, 0) is 44.9 Å². The average molecular weight is 1330 g/mol. The molecule has 0 bridgehead atoms. The van der Waals surface area contributed by atoms with E-state index in [1.807, 2.05) is 0 Å². The third-order valence-electron chi connectivity index (χ3n) is 9.63. The third kappa shape index (κ3) is 18.9. The van der Waals surface area contributed by atoms with E-state index < -0.39 is 23.6 Å². The Morgan fingerprint density at radius 2 is 0.667 bits per heavy atom. The lowest BCUT2D eigenvalue weighted by Gasteiger charge is -2.15. The lowest BCUT2D eigenvalue weighted by atomic mass is 9.95. The summed E-state index contributed by atoms with van der Waals surface area (Å²) in [4.78, 5) is 51.0. The molecule has 0 fully saturated rings. The van der Waals surface area contributed by atoms with Crippen LogP contribution in [0.2, 0.25) is 0 Å². The van der Waals surface area contributed by atoms with Gasteiger partial charge in [0.2, 0.25) is 0 Å². The molecule has 0 aromatic heterocycles. The summed E-state index contributed by atoms with van der Waals surface area (Å²) < 4.78 is 1.27. The Bertz CT molecular complexity index is 2540. The molecule has 0 aliphatic rings. The minimum atomic E-state index is -0.653. The van der Waals surface area contributed by atoms with E-state index >= 15 is 0 Å². The lowest BCUT2D eigenvalue weighted by molar-refractivity contribution is -0.115. The highest BCUT2D eigenvalue weighted by Crippen LogP contribution is 2.44. The number of hydrogen-bond acceptors (Lipinski definition) is 20. The molecular weight excluding hydrogens is 1280 g/mol. The minimum Gasteiger partial charge on any atom is -0.507 e. The second kappa shape index (κ2) is 31.0. The molecule has 72 heavy (non-hydrogen) atoms. The highest BCUT2D eigenvalue weighted by molar-refractivity contribution is 9.11. The molecule has 0 saturated carbocycles. The molecular formula is C44H46Br4N8O12S4. The zero-order valence-corrected chi connectivity index (χ0v) is 47.0. The Labute approximate surface area is 461 Å². The van der Waals surface area contributed by atoms with E-state index in [0.717, 1.165) is 0 Å². The summed E-state index contributed by atoms with van der Waals surface area (Å²) >= 11 is 13.1. The lowest BCUT2D eigenvalue weighted by Crippen LogP contribution is -2.34. The van der Waals surface area contributed by atoms with E-state index in [9.17, 15) is 60.4 Å². The SMILES string of the molecule is O=C(NCCSSCCNC(=O)/C(Cc1cc(Br)c(O)c(-c2cc(C/C(=N\O)C(=O)NCCSSCCNC(=O)/C(Cc3ccc(O)c(Br)c3)=N/O)cc(Br)c2O)c1)=N\O)/C(Cc1ccc(O)c(Br)c1)=N\O. The number of carbonyl (C=O) groups is 4. The largest absolute Gasteiger partial charge is 0.507 e. The molecule has 4 aromatic rings.